The van der Waals surface area contributed by atoms with Crippen molar-refractivity contribution in [2.24, 2.45) is 11.8 Å². The summed E-state index contributed by atoms with van der Waals surface area (Å²) < 4.78 is 9.78. The van der Waals surface area contributed by atoms with Crippen LogP contribution in [0.5, 0.6) is 0 Å². The van der Waals surface area contributed by atoms with Gasteiger partial charge in [-0.1, -0.05) is 58.4 Å². The Balaban J connectivity index is 2.30. The Kier molecular flexibility index (Phi) is 12.9. The maximum Gasteiger partial charge on any atom is 0.337 e. The summed E-state index contributed by atoms with van der Waals surface area (Å²) in [7, 11) is 0. The van der Waals surface area contributed by atoms with Gasteiger partial charge in [0.1, 0.15) is 6.10 Å². The molecule has 0 fully saturated rings. The fraction of sp³-hybridized carbons (Fsp3) is 0.516. The van der Waals surface area contributed by atoms with Crippen LogP contribution in [0.2, 0.25) is 0 Å². The van der Waals surface area contributed by atoms with Crippen LogP contribution >= 0.6 is 0 Å². The smallest absolute Gasteiger partial charge is 0.337 e. The summed E-state index contributed by atoms with van der Waals surface area (Å²) in [6.45, 7) is 15.0. The molecule has 0 saturated carbocycles. The molecule has 1 unspecified atom stereocenters. The molecule has 9 nitrogen and oxygen atoms in total. The second-order valence-corrected chi connectivity index (χ2v) is 11.0. The van der Waals surface area contributed by atoms with Gasteiger partial charge in [0.05, 0.1) is 17.8 Å². The van der Waals surface area contributed by atoms with Crippen molar-refractivity contribution in [3.05, 3.63) is 53.6 Å². The van der Waals surface area contributed by atoms with Crippen molar-refractivity contribution < 1.29 is 29.0 Å². The lowest BCUT2D eigenvalue weighted by Gasteiger charge is -2.31. The first-order valence-corrected chi connectivity index (χ1v) is 13.9. The fourth-order valence-corrected chi connectivity index (χ4v) is 4.29. The van der Waals surface area contributed by atoms with Crippen LogP contribution in [0.25, 0.3) is 0 Å². The number of ether oxygens (including phenoxy) is 2. The van der Waals surface area contributed by atoms with Crippen molar-refractivity contribution in [3.63, 3.8) is 0 Å². The molecule has 2 aromatic rings. The van der Waals surface area contributed by atoms with Crippen LogP contribution in [0, 0.1) is 18.8 Å². The number of anilines is 3. The molecule has 2 aromatic carbocycles. The van der Waals surface area contributed by atoms with E-state index in [0.717, 1.165) is 29.9 Å². The molecule has 40 heavy (non-hydrogen) atoms. The Morgan fingerprint density at radius 3 is 2.08 bits per heavy atom. The Hall–Kier alpha value is -3.59. The standard InChI is InChI=1S/C31H45N3O6/c1-8-24(16-29(36)39-19-40-30(37)23(7)35)25-11-14-28(34(17-20(2)3)18-21(4)5)27(15-25)33-31(38)32-26-12-9-22(6)10-13-26/h9-15,20-21,23-24,35H,8,16-19H2,1-7H3,(H2,32,33,38)/t23-,24?/m0/s1. The van der Waals surface area contributed by atoms with Gasteiger partial charge >= 0.3 is 18.0 Å². The van der Waals surface area contributed by atoms with Gasteiger partial charge in [0.25, 0.3) is 0 Å². The van der Waals surface area contributed by atoms with E-state index in [1.54, 1.807) is 0 Å². The minimum Gasteiger partial charge on any atom is -0.428 e. The van der Waals surface area contributed by atoms with Crippen LogP contribution in [-0.2, 0) is 19.1 Å². The molecule has 0 aromatic heterocycles. The number of benzene rings is 2. The second kappa shape index (κ2) is 15.9. The summed E-state index contributed by atoms with van der Waals surface area (Å²) in [4.78, 5) is 39.2. The third-order valence-electron chi connectivity index (χ3n) is 6.23. The number of rotatable bonds is 14. The summed E-state index contributed by atoms with van der Waals surface area (Å²) >= 11 is 0. The average Bonchev–Trinajstić information content (AvgIpc) is 2.87. The van der Waals surface area contributed by atoms with Crippen molar-refractivity contribution in [1.82, 2.24) is 0 Å². The van der Waals surface area contributed by atoms with Gasteiger partial charge < -0.3 is 30.1 Å². The highest BCUT2D eigenvalue weighted by molar-refractivity contribution is 6.02. The van der Waals surface area contributed by atoms with E-state index in [9.17, 15) is 19.5 Å². The Morgan fingerprint density at radius 2 is 1.52 bits per heavy atom. The molecule has 0 aliphatic carbocycles. The van der Waals surface area contributed by atoms with Gasteiger partial charge in [0.2, 0.25) is 6.79 Å². The number of aliphatic hydroxyl groups is 1. The predicted octanol–water partition coefficient (Wildman–Crippen LogP) is 6.07. The Labute approximate surface area is 238 Å². The second-order valence-electron chi connectivity index (χ2n) is 11.0. The maximum absolute atomic E-state index is 13.1. The van der Waals surface area contributed by atoms with E-state index in [-0.39, 0.29) is 18.4 Å². The third-order valence-corrected chi connectivity index (χ3v) is 6.23. The molecule has 9 heteroatoms. The fourth-order valence-electron chi connectivity index (χ4n) is 4.29. The minimum atomic E-state index is -1.29. The molecule has 0 bridgehead atoms. The monoisotopic (exact) mass is 555 g/mol. The molecule has 2 atom stereocenters. The van der Waals surface area contributed by atoms with Crippen LogP contribution in [0.1, 0.15) is 71.4 Å². The van der Waals surface area contributed by atoms with Crippen molar-refractivity contribution >= 4 is 35.0 Å². The summed E-state index contributed by atoms with van der Waals surface area (Å²) in [6, 6.07) is 13.1. The van der Waals surface area contributed by atoms with Gasteiger partial charge in [-0.15, -0.1) is 0 Å². The largest absolute Gasteiger partial charge is 0.428 e. The van der Waals surface area contributed by atoms with Gasteiger partial charge in [0.15, 0.2) is 0 Å². The number of aryl methyl sites for hydroxylation is 1. The van der Waals surface area contributed by atoms with E-state index >= 15 is 0 Å². The summed E-state index contributed by atoms with van der Waals surface area (Å²) in [5.41, 5.74) is 4.23. The number of urea groups is 1. The van der Waals surface area contributed by atoms with Crippen LogP contribution in [0.15, 0.2) is 42.5 Å². The maximum atomic E-state index is 13.1. The molecule has 2 rings (SSSR count). The summed E-state index contributed by atoms with van der Waals surface area (Å²) in [5, 5.41) is 15.1. The zero-order valence-corrected chi connectivity index (χ0v) is 24.8. The molecule has 2 amide bonds. The van der Waals surface area contributed by atoms with Gasteiger partial charge in [-0.05, 0) is 67.9 Å². The Bertz CT molecular complexity index is 1100. The zero-order chi connectivity index (χ0) is 29.8. The lowest BCUT2D eigenvalue weighted by Crippen LogP contribution is -2.32. The lowest BCUT2D eigenvalue weighted by molar-refractivity contribution is -0.172. The topological polar surface area (TPSA) is 117 Å². The molecule has 0 heterocycles. The highest BCUT2D eigenvalue weighted by atomic mass is 16.7. The summed E-state index contributed by atoms with van der Waals surface area (Å²) in [5.74, 6) is -0.745. The molecule has 0 aliphatic rings. The number of nitrogens with one attached hydrogen (secondary N) is 2. The first-order valence-electron chi connectivity index (χ1n) is 13.9. The first-order chi connectivity index (χ1) is 18.9. The van der Waals surface area contributed by atoms with E-state index < -0.39 is 24.8 Å². The molecular formula is C31H45N3O6. The number of carbonyl (C=O) groups excluding carboxylic acids is 3. The zero-order valence-electron chi connectivity index (χ0n) is 24.8. The van der Waals surface area contributed by atoms with E-state index in [1.807, 2.05) is 56.3 Å². The number of amides is 2. The number of nitrogens with zero attached hydrogens (tertiary/aromatic N) is 1. The number of carbonyl (C=O) groups is 3. The predicted molar refractivity (Wildman–Crippen MR) is 159 cm³/mol. The van der Waals surface area contributed by atoms with Gasteiger partial charge in [-0.25, -0.2) is 9.59 Å². The molecule has 0 saturated heterocycles. The molecule has 3 N–H and O–H groups in total. The van der Waals surface area contributed by atoms with E-state index in [0.29, 0.717) is 29.6 Å². The summed E-state index contributed by atoms with van der Waals surface area (Å²) in [6.07, 6.45) is -0.571. The molecular weight excluding hydrogens is 510 g/mol. The normalized spacial score (nSPS) is 12.6. The van der Waals surface area contributed by atoms with Crippen LogP contribution in [0.4, 0.5) is 21.9 Å². The molecule has 0 spiro atoms. The quantitative estimate of drug-likeness (QED) is 0.191. The van der Waals surface area contributed by atoms with Crippen molar-refractivity contribution in [3.8, 4) is 0 Å². The average molecular weight is 556 g/mol. The molecule has 220 valence electrons. The van der Waals surface area contributed by atoms with Crippen molar-refractivity contribution in [2.75, 3.05) is 35.4 Å². The molecule has 0 aliphatic heterocycles. The first kappa shape index (κ1) is 32.6. The number of hydrogen-bond donors (Lipinski definition) is 3. The SMILES string of the molecule is CCC(CC(=O)OCOC(=O)[C@H](C)O)c1ccc(N(CC(C)C)CC(C)C)c(NC(=O)Nc2ccc(C)cc2)c1. The highest BCUT2D eigenvalue weighted by Gasteiger charge is 2.21. The van der Waals surface area contributed by atoms with Crippen LogP contribution < -0.4 is 15.5 Å². The lowest BCUT2D eigenvalue weighted by atomic mass is 9.92. The van der Waals surface area contributed by atoms with E-state index in [4.69, 9.17) is 9.47 Å². The van der Waals surface area contributed by atoms with E-state index in [2.05, 4.69) is 43.2 Å². The van der Waals surface area contributed by atoms with Gasteiger partial charge in [-0.3, -0.25) is 4.79 Å². The van der Waals surface area contributed by atoms with Gasteiger partial charge in [-0.2, -0.15) is 0 Å². The number of hydrogen-bond acceptors (Lipinski definition) is 7. The number of esters is 2. The van der Waals surface area contributed by atoms with Gasteiger partial charge in [0, 0.05) is 18.8 Å². The van der Waals surface area contributed by atoms with E-state index in [1.165, 1.54) is 6.92 Å². The van der Waals surface area contributed by atoms with Crippen LogP contribution in [-0.4, -0.2) is 49.1 Å². The Morgan fingerprint density at radius 1 is 0.900 bits per heavy atom. The highest BCUT2D eigenvalue weighted by Crippen LogP contribution is 2.34. The van der Waals surface area contributed by atoms with Crippen molar-refractivity contribution in [1.29, 1.82) is 0 Å². The minimum absolute atomic E-state index is 0.0682. The third kappa shape index (κ3) is 10.9. The molecule has 0 radical (unpaired) electrons. The van der Waals surface area contributed by atoms with Crippen molar-refractivity contribution in [2.45, 2.75) is 73.3 Å². The number of aliphatic hydroxyl groups excluding tert-OH is 1. The van der Waals surface area contributed by atoms with Crippen LogP contribution in [0.3, 0.4) is 0 Å².